The highest BCUT2D eigenvalue weighted by atomic mass is 19.4. The van der Waals surface area contributed by atoms with Gasteiger partial charge in [-0.3, -0.25) is 4.90 Å². The number of alkyl halides is 3. The Hall–Kier alpha value is -1.08. The van der Waals surface area contributed by atoms with Gasteiger partial charge in [-0.1, -0.05) is 0 Å². The van der Waals surface area contributed by atoms with Gasteiger partial charge < -0.3 is 9.67 Å². The lowest BCUT2D eigenvalue weighted by Crippen LogP contribution is -2.52. The van der Waals surface area contributed by atoms with Gasteiger partial charge in [0.2, 0.25) is 0 Å². The lowest BCUT2D eigenvalue weighted by molar-refractivity contribution is -0.258. The first kappa shape index (κ1) is 15.3. The first-order valence-electron chi connectivity index (χ1n) is 6.71. The number of hydrogen-bond donors (Lipinski definition) is 1. The highest BCUT2D eigenvalue weighted by Gasteiger charge is 2.51. The number of rotatable bonds is 4. The Kier molecular flexibility index (Phi) is 4.11. The number of halogens is 3. The van der Waals surface area contributed by atoms with Gasteiger partial charge in [0.25, 0.3) is 0 Å². The number of aryl methyl sites for hydroxylation is 1. The summed E-state index contributed by atoms with van der Waals surface area (Å²) >= 11 is 0. The Labute approximate surface area is 116 Å². The monoisotopic (exact) mass is 291 g/mol. The Balaban J connectivity index is 2.03. The molecule has 7 heteroatoms. The average Bonchev–Trinajstić information content (AvgIpc) is 2.89. The van der Waals surface area contributed by atoms with Gasteiger partial charge in [-0.05, 0) is 33.2 Å². The van der Waals surface area contributed by atoms with Gasteiger partial charge in [-0.25, -0.2) is 4.98 Å². The van der Waals surface area contributed by atoms with E-state index in [1.165, 1.54) is 0 Å². The van der Waals surface area contributed by atoms with E-state index >= 15 is 0 Å². The number of hydrogen-bond acceptors (Lipinski definition) is 3. The average molecular weight is 291 g/mol. The van der Waals surface area contributed by atoms with E-state index in [1.807, 2.05) is 17.7 Å². The van der Waals surface area contributed by atoms with E-state index in [4.69, 9.17) is 0 Å². The number of aliphatic hydroxyl groups is 1. The molecule has 1 aromatic heterocycles. The molecule has 1 aromatic rings. The van der Waals surface area contributed by atoms with Crippen molar-refractivity contribution in [2.45, 2.75) is 51.1 Å². The fourth-order valence-corrected chi connectivity index (χ4v) is 2.62. The van der Waals surface area contributed by atoms with Crippen molar-refractivity contribution in [3.05, 3.63) is 18.2 Å². The molecular formula is C13H20F3N3O. The molecule has 0 aliphatic carbocycles. The molecule has 2 unspecified atom stereocenters. The summed E-state index contributed by atoms with van der Waals surface area (Å²) < 4.78 is 40.2. The SMILES string of the molecule is Cc1nccn1CC1CCCN1CC(C)(O)C(F)(F)F. The van der Waals surface area contributed by atoms with Crippen LogP contribution in [0.5, 0.6) is 0 Å². The standard InChI is InChI=1S/C13H20F3N3O/c1-10-17-5-7-18(10)8-11-4-3-6-19(11)9-12(2,20)13(14,15)16/h5,7,11,20H,3-4,6,8-9H2,1-2H3. The van der Waals surface area contributed by atoms with Gasteiger partial charge in [0.1, 0.15) is 5.82 Å². The molecule has 1 aliphatic heterocycles. The maximum absolute atomic E-state index is 12.8. The summed E-state index contributed by atoms with van der Waals surface area (Å²) in [7, 11) is 0. The molecule has 0 aromatic carbocycles. The molecule has 0 amide bonds. The molecular weight excluding hydrogens is 271 g/mol. The van der Waals surface area contributed by atoms with Gasteiger partial charge in [-0.2, -0.15) is 13.2 Å². The largest absolute Gasteiger partial charge is 0.418 e. The number of β-amino-alcohol motifs (C(OH)–C–C–N with tert-alkyl or cyclic N) is 1. The Morgan fingerprint density at radius 3 is 2.70 bits per heavy atom. The normalized spacial score (nSPS) is 24.0. The zero-order valence-electron chi connectivity index (χ0n) is 11.7. The molecule has 2 atom stereocenters. The fourth-order valence-electron chi connectivity index (χ4n) is 2.62. The topological polar surface area (TPSA) is 41.3 Å². The minimum absolute atomic E-state index is 0.0109. The van der Waals surface area contributed by atoms with Gasteiger partial charge in [0.15, 0.2) is 5.60 Å². The summed E-state index contributed by atoms with van der Waals surface area (Å²) in [6, 6.07) is 0.0109. The molecule has 114 valence electrons. The van der Waals surface area contributed by atoms with Crippen molar-refractivity contribution >= 4 is 0 Å². The Morgan fingerprint density at radius 2 is 2.15 bits per heavy atom. The van der Waals surface area contributed by atoms with Crippen LogP contribution in [0.1, 0.15) is 25.6 Å². The lowest BCUT2D eigenvalue weighted by Gasteiger charge is -2.34. The third-order valence-corrected chi connectivity index (χ3v) is 3.95. The molecule has 0 spiro atoms. The third kappa shape index (κ3) is 3.15. The summed E-state index contributed by atoms with van der Waals surface area (Å²) in [5.74, 6) is 0.847. The highest BCUT2D eigenvalue weighted by Crippen LogP contribution is 2.32. The number of nitrogens with zero attached hydrogens (tertiary/aromatic N) is 3. The molecule has 20 heavy (non-hydrogen) atoms. The minimum atomic E-state index is -4.61. The smallest absolute Gasteiger partial charge is 0.380 e. The van der Waals surface area contributed by atoms with Crippen molar-refractivity contribution in [2.24, 2.45) is 0 Å². The maximum Gasteiger partial charge on any atom is 0.418 e. The van der Waals surface area contributed by atoms with Crippen molar-refractivity contribution in [3.63, 3.8) is 0 Å². The second-order valence-corrected chi connectivity index (χ2v) is 5.66. The predicted molar refractivity (Wildman–Crippen MR) is 68.2 cm³/mol. The van der Waals surface area contributed by atoms with Gasteiger partial charge in [0, 0.05) is 31.5 Å². The van der Waals surface area contributed by atoms with Gasteiger partial charge in [0.05, 0.1) is 0 Å². The summed E-state index contributed by atoms with van der Waals surface area (Å²) in [6.45, 7) is 3.52. The van der Waals surface area contributed by atoms with Crippen LogP contribution in [-0.4, -0.2) is 50.5 Å². The van der Waals surface area contributed by atoms with Gasteiger partial charge >= 0.3 is 6.18 Å². The van der Waals surface area contributed by atoms with E-state index in [2.05, 4.69) is 4.98 Å². The second kappa shape index (κ2) is 5.37. The third-order valence-electron chi connectivity index (χ3n) is 3.95. The second-order valence-electron chi connectivity index (χ2n) is 5.66. The summed E-state index contributed by atoms with van der Waals surface area (Å²) in [5.41, 5.74) is -2.67. The number of aromatic nitrogens is 2. The van der Waals surface area contributed by atoms with Crippen LogP contribution in [0, 0.1) is 6.92 Å². The van der Waals surface area contributed by atoms with Crippen LogP contribution in [0.3, 0.4) is 0 Å². The van der Waals surface area contributed by atoms with Crippen molar-refractivity contribution in [3.8, 4) is 0 Å². The van der Waals surface area contributed by atoms with E-state index in [-0.39, 0.29) is 12.6 Å². The van der Waals surface area contributed by atoms with Gasteiger partial charge in [-0.15, -0.1) is 0 Å². The quantitative estimate of drug-likeness (QED) is 0.922. The molecule has 2 rings (SSSR count). The molecule has 0 radical (unpaired) electrons. The van der Waals surface area contributed by atoms with Crippen LogP contribution in [0.25, 0.3) is 0 Å². The number of likely N-dealkylation sites (tertiary alicyclic amines) is 1. The fraction of sp³-hybridized carbons (Fsp3) is 0.769. The van der Waals surface area contributed by atoms with Crippen molar-refractivity contribution < 1.29 is 18.3 Å². The molecule has 0 bridgehead atoms. The number of imidazole rings is 1. The summed E-state index contributed by atoms with van der Waals surface area (Å²) in [6.07, 6.45) is 0.594. The van der Waals surface area contributed by atoms with E-state index in [0.29, 0.717) is 13.1 Å². The van der Waals surface area contributed by atoms with Crippen LogP contribution in [0.2, 0.25) is 0 Å². The van der Waals surface area contributed by atoms with Crippen molar-refractivity contribution in [1.82, 2.24) is 14.5 Å². The molecule has 1 saturated heterocycles. The first-order valence-corrected chi connectivity index (χ1v) is 6.71. The van der Waals surface area contributed by atoms with E-state index in [0.717, 1.165) is 25.6 Å². The van der Waals surface area contributed by atoms with E-state index in [1.54, 1.807) is 11.1 Å². The van der Waals surface area contributed by atoms with Crippen LogP contribution >= 0.6 is 0 Å². The Morgan fingerprint density at radius 1 is 1.45 bits per heavy atom. The Bertz CT molecular complexity index is 456. The molecule has 2 heterocycles. The zero-order chi connectivity index (χ0) is 15.0. The minimum Gasteiger partial charge on any atom is -0.380 e. The van der Waals surface area contributed by atoms with Crippen molar-refractivity contribution in [2.75, 3.05) is 13.1 Å². The highest BCUT2D eigenvalue weighted by molar-refractivity contribution is 4.94. The zero-order valence-corrected chi connectivity index (χ0v) is 11.7. The molecule has 1 aliphatic rings. The van der Waals surface area contributed by atoms with Crippen LogP contribution < -0.4 is 0 Å². The van der Waals surface area contributed by atoms with Crippen LogP contribution in [0.4, 0.5) is 13.2 Å². The molecule has 4 nitrogen and oxygen atoms in total. The lowest BCUT2D eigenvalue weighted by atomic mass is 10.1. The molecule has 0 saturated carbocycles. The summed E-state index contributed by atoms with van der Waals surface area (Å²) in [5, 5.41) is 9.62. The maximum atomic E-state index is 12.8. The molecule has 1 N–H and O–H groups in total. The van der Waals surface area contributed by atoms with Crippen LogP contribution in [-0.2, 0) is 6.54 Å². The molecule has 1 fully saturated rings. The van der Waals surface area contributed by atoms with Crippen molar-refractivity contribution in [1.29, 1.82) is 0 Å². The first-order chi connectivity index (χ1) is 9.21. The summed E-state index contributed by atoms with van der Waals surface area (Å²) in [4.78, 5) is 5.84. The van der Waals surface area contributed by atoms with E-state index in [9.17, 15) is 18.3 Å². The van der Waals surface area contributed by atoms with E-state index < -0.39 is 11.8 Å². The predicted octanol–water partition coefficient (Wildman–Crippen LogP) is 1.97. The van der Waals surface area contributed by atoms with Crippen LogP contribution in [0.15, 0.2) is 12.4 Å².